The quantitative estimate of drug-likeness (QED) is 0.728. The summed E-state index contributed by atoms with van der Waals surface area (Å²) in [5, 5.41) is 11.1. The maximum absolute atomic E-state index is 12.5. The SMILES string of the molecule is O=S(=O)(CCC1CCC1)CC1CC(C2=CB(O)Oc3cnc4[nH]ccc4c32)C1. The summed E-state index contributed by atoms with van der Waals surface area (Å²) in [5.74, 6) is 4.09. The second-order valence-corrected chi connectivity index (χ2v) is 10.8. The second kappa shape index (κ2) is 6.92. The topological polar surface area (TPSA) is 92.3 Å². The van der Waals surface area contributed by atoms with Crippen LogP contribution in [-0.4, -0.2) is 42.0 Å². The molecule has 1 aliphatic heterocycles. The van der Waals surface area contributed by atoms with E-state index in [0.717, 1.165) is 41.4 Å². The molecule has 6 nitrogen and oxygen atoms in total. The van der Waals surface area contributed by atoms with Crippen LogP contribution in [-0.2, 0) is 9.84 Å². The van der Waals surface area contributed by atoms with Gasteiger partial charge in [0.15, 0.2) is 9.84 Å². The molecule has 2 fully saturated rings. The van der Waals surface area contributed by atoms with Gasteiger partial charge in [0.1, 0.15) is 11.4 Å². The van der Waals surface area contributed by atoms with Crippen molar-refractivity contribution in [1.29, 1.82) is 0 Å². The van der Waals surface area contributed by atoms with Crippen LogP contribution in [0, 0.1) is 17.8 Å². The van der Waals surface area contributed by atoms with Crippen LogP contribution in [0.2, 0.25) is 0 Å². The van der Waals surface area contributed by atoms with Crippen molar-refractivity contribution in [3.05, 3.63) is 30.0 Å². The predicted molar refractivity (Wildman–Crippen MR) is 109 cm³/mol. The molecule has 0 radical (unpaired) electrons. The number of nitrogens with one attached hydrogen (secondary N) is 1. The van der Waals surface area contributed by atoms with Crippen molar-refractivity contribution in [1.82, 2.24) is 9.97 Å². The Hall–Kier alpha value is -1.80. The molecule has 28 heavy (non-hydrogen) atoms. The Morgan fingerprint density at radius 1 is 1.29 bits per heavy atom. The van der Waals surface area contributed by atoms with Gasteiger partial charge in [-0.25, -0.2) is 13.4 Å². The van der Waals surface area contributed by atoms with Gasteiger partial charge >= 0.3 is 7.12 Å². The zero-order chi connectivity index (χ0) is 19.3. The Morgan fingerprint density at radius 2 is 2.11 bits per heavy atom. The van der Waals surface area contributed by atoms with Gasteiger partial charge in [-0.1, -0.05) is 19.3 Å². The van der Waals surface area contributed by atoms with Gasteiger partial charge < -0.3 is 14.7 Å². The highest BCUT2D eigenvalue weighted by Crippen LogP contribution is 2.48. The number of aromatic nitrogens is 2. The Balaban J connectivity index is 1.28. The molecule has 2 saturated carbocycles. The van der Waals surface area contributed by atoms with Gasteiger partial charge in [-0.3, -0.25) is 0 Å². The van der Waals surface area contributed by atoms with E-state index in [-0.39, 0.29) is 11.8 Å². The number of aromatic amines is 1. The first-order chi connectivity index (χ1) is 13.5. The largest absolute Gasteiger partial charge is 0.552 e. The summed E-state index contributed by atoms with van der Waals surface area (Å²) in [6.45, 7) is 0. The van der Waals surface area contributed by atoms with Crippen LogP contribution < -0.4 is 4.65 Å². The summed E-state index contributed by atoms with van der Waals surface area (Å²) in [7, 11) is -3.95. The van der Waals surface area contributed by atoms with Gasteiger partial charge in [-0.2, -0.15) is 0 Å². The third-order valence-corrected chi connectivity index (χ3v) is 8.47. The average Bonchev–Trinajstić information content (AvgIpc) is 3.04. The highest BCUT2D eigenvalue weighted by atomic mass is 32.2. The Labute approximate surface area is 165 Å². The number of fused-ring (bicyclic) bond motifs is 3. The number of hydrogen-bond donors (Lipinski definition) is 2. The van der Waals surface area contributed by atoms with Gasteiger partial charge in [0.25, 0.3) is 0 Å². The minimum Gasteiger partial charge on any atom is -0.531 e. The summed E-state index contributed by atoms with van der Waals surface area (Å²) in [6.07, 6.45) is 9.65. The molecule has 8 heteroatoms. The van der Waals surface area contributed by atoms with E-state index >= 15 is 0 Å². The lowest BCUT2D eigenvalue weighted by molar-refractivity contribution is 0.271. The highest BCUT2D eigenvalue weighted by molar-refractivity contribution is 7.91. The van der Waals surface area contributed by atoms with Crippen molar-refractivity contribution >= 4 is 33.6 Å². The maximum Gasteiger partial charge on any atom is 0.552 e. The van der Waals surface area contributed by atoms with E-state index in [1.54, 1.807) is 12.2 Å². The van der Waals surface area contributed by atoms with E-state index in [2.05, 4.69) is 9.97 Å². The first-order valence-electron chi connectivity index (χ1n) is 10.2. The van der Waals surface area contributed by atoms with E-state index in [9.17, 15) is 13.4 Å². The maximum atomic E-state index is 12.5. The minimum absolute atomic E-state index is 0.212. The first kappa shape index (κ1) is 18.2. The van der Waals surface area contributed by atoms with Crippen LogP contribution in [0.3, 0.4) is 0 Å². The van der Waals surface area contributed by atoms with Crippen molar-refractivity contribution in [2.75, 3.05) is 11.5 Å². The smallest absolute Gasteiger partial charge is 0.531 e. The molecule has 2 aromatic rings. The highest BCUT2D eigenvalue weighted by Gasteiger charge is 2.39. The molecule has 5 rings (SSSR count). The summed E-state index contributed by atoms with van der Waals surface area (Å²) in [4.78, 5) is 7.45. The Morgan fingerprint density at radius 3 is 2.86 bits per heavy atom. The molecule has 0 spiro atoms. The molecule has 0 unspecified atom stereocenters. The molecule has 0 saturated heterocycles. The van der Waals surface area contributed by atoms with Crippen molar-refractivity contribution in [3.8, 4) is 5.75 Å². The summed E-state index contributed by atoms with van der Waals surface area (Å²) < 4.78 is 30.5. The Bertz CT molecular complexity index is 1020. The zero-order valence-electron chi connectivity index (χ0n) is 15.8. The lowest BCUT2D eigenvalue weighted by Crippen LogP contribution is -2.34. The van der Waals surface area contributed by atoms with E-state index < -0.39 is 17.0 Å². The van der Waals surface area contributed by atoms with Crippen LogP contribution in [0.4, 0.5) is 0 Å². The van der Waals surface area contributed by atoms with Crippen molar-refractivity contribution in [2.45, 2.75) is 38.5 Å². The van der Waals surface area contributed by atoms with Crippen LogP contribution >= 0.6 is 0 Å². The van der Waals surface area contributed by atoms with Gasteiger partial charge in [-0.05, 0) is 54.6 Å². The number of nitrogens with zero attached hydrogens (tertiary/aromatic N) is 1. The number of allylic oxidation sites excluding steroid dienone is 1. The predicted octanol–water partition coefficient (Wildman–Crippen LogP) is 2.99. The van der Waals surface area contributed by atoms with Gasteiger partial charge in [0.2, 0.25) is 0 Å². The number of hydrogen-bond acceptors (Lipinski definition) is 5. The van der Waals surface area contributed by atoms with Gasteiger partial charge in [0.05, 0.1) is 17.7 Å². The lowest BCUT2D eigenvalue weighted by Gasteiger charge is -2.39. The molecule has 0 amide bonds. The standard InChI is InChI=1S/C20H25BN2O4S/c24-21-10-17(19-16-4-6-22-20(16)23-11-18(19)27-21)15-8-14(9-15)12-28(25,26)7-5-13-2-1-3-13/h4,6,10-11,13-15,24H,1-3,5,7-9,12H2,(H,22,23). The van der Waals surface area contributed by atoms with E-state index in [4.69, 9.17) is 4.65 Å². The van der Waals surface area contributed by atoms with Crippen LogP contribution in [0.15, 0.2) is 24.4 Å². The number of H-pyrrole nitrogens is 1. The van der Waals surface area contributed by atoms with E-state index in [1.807, 2.05) is 12.3 Å². The van der Waals surface area contributed by atoms with E-state index in [1.165, 1.54) is 19.3 Å². The summed E-state index contributed by atoms with van der Waals surface area (Å²) in [5.41, 5.74) is 2.83. The Kier molecular flexibility index (Phi) is 4.51. The molecular weight excluding hydrogens is 375 g/mol. The third kappa shape index (κ3) is 3.37. The fourth-order valence-corrected chi connectivity index (χ4v) is 6.66. The van der Waals surface area contributed by atoms with Gasteiger partial charge in [0, 0.05) is 17.1 Å². The monoisotopic (exact) mass is 400 g/mol. The summed E-state index contributed by atoms with van der Waals surface area (Å²) in [6, 6.07) is 1.97. The molecule has 0 aromatic carbocycles. The summed E-state index contributed by atoms with van der Waals surface area (Å²) >= 11 is 0. The second-order valence-electron chi connectivity index (χ2n) is 8.60. The van der Waals surface area contributed by atoms with Crippen LogP contribution in [0.5, 0.6) is 5.75 Å². The number of rotatable bonds is 6. The molecule has 3 heterocycles. The first-order valence-corrected chi connectivity index (χ1v) is 12.0. The van der Waals surface area contributed by atoms with Crippen molar-refractivity contribution in [2.24, 2.45) is 17.8 Å². The average molecular weight is 400 g/mol. The molecular formula is C20H25BN2O4S. The van der Waals surface area contributed by atoms with Crippen molar-refractivity contribution in [3.63, 3.8) is 0 Å². The fraction of sp³-hybridized carbons (Fsp3) is 0.550. The molecule has 2 aliphatic carbocycles. The van der Waals surface area contributed by atoms with Gasteiger partial charge in [-0.15, -0.1) is 0 Å². The fourth-order valence-electron chi connectivity index (χ4n) is 4.81. The molecule has 148 valence electrons. The normalized spacial score (nSPS) is 24.9. The number of sulfone groups is 1. The zero-order valence-corrected chi connectivity index (χ0v) is 16.6. The lowest BCUT2D eigenvalue weighted by atomic mass is 9.66. The number of pyridine rings is 1. The molecule has 0 bridgehead atoms. The molecule has 0 atom stereocenters. The molecule has 2 N–H and O–H groups in total. The third-order valence-electron chi connectivity index (χ3n) is 6.64. The molecule has 3 aliphatic rings. The molecule has 2 aromatic heterocycles. The van der Waals surface area contributed by atoms with Crippen molar-refractivity contribution < 1.29 is 18.1 Å². The van der Waals surface area contributed by atoms with E-state index in [0.29, 0.717) is 23.2 Å². The minimum atomic E-state index is -2.97. The van der Waals surface area contributed by atoms with Crippen LogP contribution in [0.1, 0.15) is 44.1 Å². The van der Waals surface area contributed by atoms with Crippen LogP contribution in [0.25, 0.3) is 16.6 Å².